The third-order valence-corrected chi connectivity index (χ3v) is 5.14. The molecule has 1 aromatic carbocycles. The van der Waals surface area contributed by atoms with Crippen molar-refractivity contribution in [3.63, 3.8) is 0 Å². The summed E-state index contributed by atoms with van der Waals surface area (Å²) in [6.45, 7) is 3.14. The molecule has 1 aliphatic heterocycles. The lowest BCUT2D eigenvalue weighted by Crippen LogP contribution is -2.37. The highest BCUT2D eigenvalue weighted by molar-refractivity contribution is 7.90. The van der Waals surface area contributed by atoms with E-state index in [2.05, 4.69) is 15.0 Å². The van der Waals surface area contributed by atoms with Gasteiger partial charge in [0.15, 0.2) is 6.61 Å². The molecule has 0 radical (unpaired) electrons. The molecule has 0 aliphatic carbocycles. The Morgan fingerprint density at radius 1 is 1.24 bits per heavy atom. The monoisotopic (exact) mass is 367 g/mol. The summed E-state index contributed by atoms with van der Waals surface area (Å²) in [4.78, 5) is 27.5. The van der Waals surface area contributed by atoms with Gasteiger partial charge in [0.05, 0.1) is 4.90 Å². The smallest absolute Gasteiger partial charge is 0.328 e. The van der Waals surface area contributed by atoms with E-state index < -0.39 is 16.0 Å². The minimum Gasteiger partial charge on any atom is -0.454 e. The number of hydrogen-bond acceptors (Lipinski definition) is 6. The molecular formula is C16H21N3O5S. The first kappa shape index (κ1) is 18.9. The van der Waals surface area contributed by atoms with Crippen molar-refractivity contribution in [2.24, 2.45) is 4.99 Å². The number of aliphatic imine (C=N–C) groups is 1. The van der Waals surface area contributed by atoms with Crippen LogP contribution in [-0.2, 0) is 24.3 Å². The maximum atomic E-state index is 11.9. The Labute approximate surface area is 146 Å². The molecule has 2 rings (SSSR count). The van der Waals surface area contributed by atoms with Crippen LogP contribution in [0.1, 0.15) is 32.3 Å². The molecule has 0 fully saturated rings. The van der Waals surface area contributed by atoms with Crippen LogP contribution in [0.5, 0.6) is 0 Å². The number of nitrogens with zero attached hydrogens (tertiary/aromatic N) is 1. The van der Waals surface area contributed by atoms with Gasteiger partial charge in [-0.1, -0.05) is 26.0 Å². The van der Waals surface area contributed by atoms with E-state index in [1.165, 1.54) is 6.07 Å². The van der Waals surface area contributed by atoms with Crippen molar-refractivity contribution in [3.05, 3.63) is 29.8 Å². The Bertz CT molecular complexity index is 785. The fourth-order valence-corrected chi connectivity index (χ4v) is 3.60. The highest BCUT2D eigenvalue weighted by Gasteiger charge is 2.30. The summed E-state index contributed by atoms with van der Waals surface area (Å²) in [6, 6.07) is 6.39. The third kappa shape index (κ3) is 4.79. The maximum Gasteiger partial charge on any atom is 0.328 e. The van der Waals surface area contributed by atoms with Gasteiger partial charge in [0.2, 0.25) is 0 Å². The zero-order valence-corrected chi connectivity index (χ0v) is 14.9. The van der Waals surface area contributed by atoms with Crippen molar-refractivity contribution in [1.82, 2.24) is 10.0 Å². The molecule has 0 aromatic heterocycles. The second-order valence-electron chi connectivity index (χ2n) is 5.51. The van der Waals surface area contributed by atoms with Crippen LogP contribution in [-0.4, -0.2) is 45.3 Å². The molecule has 25 heavy (non-hydrogen) atoms. The number of esters is 1. The highest BCUT2D eigenvalue weighted by Crippen LogP contribution is 2.21. The van der Waals surface area contributed by atoms with Crippen molar-refractivity contribution >= 4 is 27.7 Å². The molecule has 0 saturated heterocycles. The van der Waals surface area contributed by atoms with Gasteiger partial charge >= 0.3 is 5.97 Å². The van der Waals surface area contributed by atoms with E-state index in [-0.39, 0.29) is 35.8 Å². The molecule has 9 heteroatoms. The first-order valence-electron chi connectivity index (χ1n) is 7.99. The van der Waals surface area contributed by atoms with Crippen LogP contribution in [0.4, 0.5) is 0 Å². The lowest BCUT2D eigenvalue weighted by Gasteiger charge is -2.14. The molecule has 8 nitrogen and oxygen atoms in total. The van der Waals surface area contributed by atoms with E-state index in [0.717, 1.165) is 12.8 Å². The normalized spacial score (nSPS) is 16.4. The maximum absolute atomic E-state index is 11.9. The number of benzene rings is 1. The second-order valence-corrected chi connectivity index (χ2v) is 7.16. The fourth-order valence-electron chi connectivity index (χ4n) is 2.35. The van der Waals surface area contributed by atoms with Crippen LogP contribution < -0.4 is 10.0 Å². The molecule has 1 aliphatic rings. The summed E-state index contributed by atoms with van der Waals surface area (Å²) in [7, 11) is -3.64. The molecular weight excluding hydrogens is 346 g/mol. The molecule has 0 spiro atoms. The van der Waals surface area contributed by atoms with Crippen molar-refractivity contribution < 1.29 is 22.7 Å². The van der Waals surface area contributed by atoms with Crippen LogP contribution in [0.2, 0.25) is 0 Å². The number of sulfonamides is 1. The average Bonchev–Trinajstić information content (AvgIpc) is 2.87. The van der Waals surface area contributed by atoms with Crippen LogP contribution in [0.25, 0.3) is 0 Å². The molecule has 2 N–H and O–H groups in total. The van der Waals surface area contributed by atoms with Gasteiger partial charge < -0.3 is 10.1 Å². The fraction of sp³-hybridized carbons (Fsp3) is 0.438. The lowest BCUT2D eigenvalue weighted by molar-refractivity contribution is -0.147. The Morgan fingerprint density at radius 2 is 1.92 bits per heavy atom. The molecule has 136 valence electrons. The zero-order valence-electron chi connectivity index (χ0n) is 14.1. The number of amidine groups is 1. The number of amides is 1. The van der Waals surface area contributed by atoms with Crippen LogP contribution in [0, 0.1) is 0 Å². The summed E-state index contributed by atoms with van der Waals surface area (Å²) in [5, 5.41) is 2.75. The average molecular weight is 367 g/mol. The molecule has 0 bridgehead atoms. The minimum atomic E-state index is -3.64. The van der Waals surface area contributed by atoms with Gasteiger partial charge in [0.25, 0.3) is 15.9 Å². The summed E-state index contributed by atoms with van der Waals surface area (Å²) in [5.41, 5.74) is 0.404. The van der Waals surface area contributed by atoms with E-state index in [0.29, 0.717) is 5.56 Å². The molecule has 1 amide bonds. The van der Waals surface area contributed by atoms with E-state index in [1.807, 2.05) is 13.8 Å². The number of rotatable bonds is 7. The van der Waals surface area contributed by atoms with Crippen LogP contribution in [0.15, 0.2) is 34.2 Å². The number of hydrogen-bond donors (Lipinski definition) is 2. The van der Waals surface area contributed by atoms with Crippen molar-refractivity contribution in [1.29, 1.82) is 0 Å². The van der Waals surface area contributed by atoms with Gasteiger partial charge in [0, 0.05) is 11.6 Å². The molecule has 1 heterocycles. The standard InChI is InChI=1S/C16H21N3O5S/c1-3-11(4-2)18-14(20)10-24-15(21)9-17-16-12-7-5-6-8-13(12)25(22,23)19-16/h5-8,11H,3-4,9-10H2,1-2H3,(H,17,19)(H,18,20). The first-order valence-corrected chi connectivity index (χ1v) is 9.47. The van der Waals surface area contributed by atoms with Crippen molar-refractivity contribution in [3.8, 4) is 0 Å². The van der Waals surface area contributed by atoms with E-state index in [4.69, 9.17) is 4.74 Å². The van der Waals surface area contributed by atoms with Crippen LogP contribution >= 0.6 is 0 Å². The van der Waals surface area contributed by atoms with Gasteiger partial charge in [-0.2, -0.15) is 0 Å². The van der Waals surface area contributed by atoms with E-state index in [1.54, 1.807) is 18.2 Å². The highest BCUT2D eigenvalue weighted by atomic mass is 32.2. The van der Waals surface area contributed by atoms with Gasteiger partial charge in [-0.3, -0.25) is 19.3 Å². The van der Waals surface area contributed by atoms with Gasteiger partial charge in [-0.05, 0) is 25.0 Å². The third-order valence-electron chi connectivity index (χ3n) is 3.74. The number of fused-ring (bicyclic) bond motifs is 1. The predicted molar refractivity (Wildman–Crippen MR) is 91.6 cm³/mol. The van der Waals surface area contributed by atoms with E-state index >= 15 is 0 Å². The lowest BCUT2D eigenvalue weighted by atomic mass is 10.2. The summed E-state index contributed by atoms with van der Waals surface area (Å²) in [6.07, 6.45) is 1.59. The zero-order chi connectivity index (χ0) is 18.4. The Balaban J connectivity index is 1.90. The number of carbonyl (C=O) groups is 2. The van der Waals surface area contributed by atoms with Gasteiger partial charge in [0.1, 0.15) is 12.4 Å². The Morgan fingerprint density at radius 3 is 2.60 bits per heavy atom. The van der Waals surface area contributed by atoms with Gasteiger partial charge in [-0.15, -0.1) is 0 Å². The van der Waals surface area contributed by atoms with E-state index in [9.17, 15) is 18.0 Å². The number of carbonyl (C=O) groups excluding carboxylic acids is 2. The Kier molecular flexibility index (Phi) is 6.13. The number of nitrogens with one attached hydrogen (secondary N) is 2. The second kappa shape index (κ2) is 8.11. The molecule has 0 unspecified atom stereocenters. The molecule has 0 saturated carbocycles. The van der Waals surface area contributed by atoms with Crippen molar-refractivity contribution in [2.45, 2.75) is 37.6 Å². The summed E-state index contributed by atoms with van der Waals surface area (Å²) in [5.74, 6) is -0.994. The first-order chi connectivity index (χ1) is 11.9. The van der Waals surface area contributed by atoms with Gasteiger partial charge in [-0.25, -0.2) is 8.42 Å². The quantitative estimate of drug-likeness (QED) is 0.684. The van der Waals surface area contributed by atoms with Crippen molar-refractivity contribution in [2.75, 3.05) is 13.2 Å². The largest absolute Gasteiger partial charge is 0.454 e. The minimum absolute atomic E-state index is 0.0517. The molecule has 0 atom stereocenters. The number of ether oxygens (including phenoxy) is 1. The topological polar surface area (TPSA) is 114 Å². The Hall–Kier alpha value is -2.42. The predicted octanol–water partition coefficient (Wildman–Crippen LogP) is 0.573. The SMILES string of the molecule is CCC(CC)NC(=O)COC(=O)CN=C1NS(=O)(=O)c2ccccc21. The molecule has 1 aromatic rings. The summed E-state index contributed by atoms with van der Waals surface area (Å²) >= 11 is 0. The summed E-state index contributed by atoms with van der Waals surface area (Å²) < 4.78 is 31.0. The van der Waals surface area contributed by atoms with Crippen LogP contribution in [0.3, 0.4) is 0 Å².